The first-order valence-electron chi connectivity index (χ1n) is 8.12. The molecule has 128 valence electrons. The molecule has 2 heterocycles. The third-order valence-corrected chi connectivity index (χ3v) is 4.41. The second-order valence-electron chi connectivity index (χ2n) is 5.82. The molecule has 5 nitrogen and oxygen atoms in total. The molecule has 0 saturated heterocycles. The minimum Gasteiger partial charge on any atom is -0.303 e. The summed E-state index contributed by atoms with van der Waals surface area (Å²) < 4.78 is 2.40. The van der Waals surface area contributed by atoms with Crippen molar-refractivity contribution in [1.82, 2.24) is 14.6 Å². The highest BCUT2D eigenvalue weighted by molar-refractivity contribution is 9.10. The van der Waals surface area contributed by atoms with E-state index >= 15 is 0 Å². The highest BCUT2D eigenvalue weighted by Gasteiger charge is 2.21. The standard InChI is InChI=1S/C20H15BrN4O/c21-16-12-22-19-11-18(23-25(19)14-16)20(26)24(17-9-5-2-6-10-17)13-15-7-3-1-4-8-15/h1-12,14H,13H2. The zero-order valence-corrected chi connectivity index (χ0v) is 15.4. The van der Waals surface area contributed by atoms with Crippen LogP contribution >= 0.6 is 15.9 Å². The van der Waals surface area contributed by atoms with Gasteiger partial charge in [-0.05, 0) is 33.6 Å². The van der Waals surface area contributed by atoms with E-state index < -0.39 is 0 Å². The predicted octanol–water partition coefficient (Wildman–Crippen LogP) is 4.34. The monoisotopic (exact) mass is 406 g/mol. The highest BCUT2D eigenvalue weighted by atomic mass is 79.9. The first-order valence-corrected chi connectivity index (χ1v) is 8.92. The van der Waals surface area contributed by atoms with E-state index in [1.54, 1.807) is 27.9 Å². The van der Waals surface area contributed by atoms with Crippen LogP contribution in [-0.4, -0.2) is 20.5 Å². The first-order chi connectivity index (χ1) is 12.7. The Morgan fingerprint density at radius 3 is 2.46 bits per heavy atom. The molecule has 0 aliphatic heterocycles. The fourth-order valence-electron chi connectivity index (χ4n) is 2.75. The molecular formula is C20H15BrN4O. The summed E-state index contributed by atoms with van der Waals surface area (Å²) in [5.41, 5.74) is 2.86. The molecule has 0 saturated carbocycles. The first kappa shape index (κ1) is 16.5. The van der Waals surface area contributed by atoms with Crippen LogP contribution in [0.3, 0.4) is 0 Å². The number of rotatable bonds is 4. The summed E-state index contributed by atoms with van der Waals surface area (Å²) in [7, 11) is 0. The molecule has 0 N–H and O–H groups in total. The SMILES string of the molecule is O=C(c1cc2ncc(Br)cn2n1)N(Cc1ccccc1)c1ccccc1. The molecule has 26 heavy (non-hydrogen) atoms. The number of benzene rings is 2. The van der Waals surface area contributed by atoms with Crippen molar-refractivity contribution >= 4 is 33.2 Å². The average molecular weight is 407 g/mol. The topological polar surface area (TPSA) is 50.5 Å². The largest absolute Gasteiger partial charge is 0.303 e. The molecule has 0 atom stereocenters. The lowest BCUT2D eigenvalue weighted by Crippen LogP contribution is -2.30. The Morgan fingerprint density at radius 1 is 1.04 bits per heavy atom. The number of nitrogens with zero attached hydrogens (tertiary/aromatic N) is 4. The summed E-state index contributed by atoms with van der Waals surface area (Å²) in [6, 6.07) is 21.2. The molecule has 0 fully saturated rings. The van der Waals surface area contributed by atoms with E-state index in [-0.39, 0.29) is 5.91 Å². The number of anilines is 1. The fourth-order valence-corrected chi connectivity index (χ4v) is 3.05. The van der Waals surface area contributed by atoms with Crippen molar-refractivity contribution in [2.24, 2.45) is 0 Å². The van der Waals surface area contributed by atoms with E-state index in [4.69, 9.17) is 0 Å². The van der Waals surface area contributed by atoms with Crippen LogP contribution in [0.1, 0.15) is 16.1 Å². The molecule has 4 aromatic rings. The number of para-hydroxylation sites is 1. The molecule has 2 aromatic heterocycles. The van der Waals surface area contributed by atoms with Crippen molar-refractivity contribution in [3.8, 4) is 0 Å². The van der Waals surface area contributed by atoms with E-state index in [1.807, 2.05) is 60.7 Å². The number of halogens is 1. The van der Waals surface area contributed by atoms with Crippen molar-refractivity contribution < 1.29 is 4.79 Å². The van der Waals surface area contributed by atoms with Crippen LogP contribution in [0.25, 0.3) is 5.65 Å². The van der Waals surface area contributed by atoms with Crippen LogP contribution in [0.15, 0.2) is 83.6 Å². The van der Waals surface area contributed by atoms with Gasteiger partial charge in [0.25, 0.3) is 5.91 Å². The van der Waals surface area contributed by atoms with Crippen LogP contribution in [0, 0.1) is 0 Å². The van der Waals surface area contributed by atoms with Crippen LogP contribution in [0.5, 0.6) is 0 Å². The molecule has 4 rings (SSSR count). The Kier molecular flexibility index (Phi) is 4.50. The summed E-state index contributed by atoms with van der Waals surface area (Å²) in [4.78, 5) is 19.2. The minimum absolute atomic E-state index is 0.165. The zero-order valence-electron chi connectivity index (χ0n) is 13.8. The lowest BCUT2D eigenvalue weighted by Gasteiger charge is -2.22. The van der Waals surface area contributed by atoms with Gasteiger partial charge in [-0.15, -0.1) is 0 Å². The summed E-state index contributed by atoms with van der Waals surface area (Å²) in [6.45, 7) is 0.467. The van der Waals surface area contributed by atoms with Gasteiger partial charge in [-0.2, -0.15) is 5.10 Å². The number of hydrogen-bond acceptors (Lipinski definition) is 3. The fraction of sp³-hybridized carbons (Fsp3) is 0.0500. The molecule has 0 bridgehead atoms. The number of carbonyl (C=O) groups is 1. The molecule has 1 amide bonds. The van der Waals surface area contributed by atoms with Crippen molar-refractivity contribution in [3.63, 3.8) is 0 Å². The maximum absolute atomic E-state index is 13.2. The van der Waals surface area contributed by atoms with Crippen LogP contribution in [0.4, 0.5) is 5.69 Å². The lowest BCUT2D eigenvalue weighted by molar-refractivity contribution is 0.0980. The van der Waals surface area contributed by atoms with E-state index in [1.165, 1.54) is 0 Å². The molecule has 2 aromatic carbocycles. The number of aromatic nitrogens is 3. The second kappa shape index (κ2) is 7.09. The predicted molar refractivity (Wildman–Crippen MR) is 104 cm³/mol. The number of carbonyl (C=O) groups excluding carboxylic acids is 1. The molecule has 0 radical (unpaired) electrons. The summed E-state index contributed by atoms with van der Waals surface area (Å²) in [5.74, 6) is -0.165. The smallest absolute Gasteiger partial charge is 0.279 e. The zero-order chi connectivity index (χ0) is 17.9. The summed E-state index contributed by atoms with van der Waals surface area (Å²) in [5, 5.41) is 4.39. The third-order valence-electron chi connectivity index (χ3n) is 4.00. The number of hydrogen-bond donors (Lipinski definition) is 0. The Labute approximate surface area is 159 Å². The number of amides is 1. The van der Waals surface area contributed by atoms with Crippen LogP contribution in [0.2, 0.25) is 0 Å². The van der Waals surface area contributed by atoms with Gasteiger partial charge >= 0.3 is 0 Å². The lowest BCUT2D eigenvalue weighted by atomic mass is 10.2. The van der Waals surface area contributed by atoms with Crippen molar-refractivity contribution in [3.05, 3.63) is 94.9 Å². The van der Waals surface area contributed by atoms with E-state index in [2.05, 4.69) is 26.0 Å². The van der Waals surface area contributed by atoms with Gasteiger partial charge in [0, 0.05) is 24.1 Å². The molecule has 0 spiro atoms. The van der Waals surface area contributed by atoms with Crippen LogP contribution < -0.4 is 4.90 Å². The van der Waals surface area contributed by atoms with Gasteiger partial charge in [0.2, 0.25) is 0 Å². The van der Waals surface area contributed by atoms with Crippen molar-refractivity contribution in [2.45, 2.75) is 6.54 Å². The van der Waals surface area contributed by atoms with Crippen molar-refractivity contribution in [2.75, 3.05) is 4.90 Å². The van der Waals surface area contributed by atoms with E-state index in [0.717, 1.165) is 15.7 Å². The minimum atomic E-state index is -0.165. The number of fused-ring (bicyclic) bond motifs is 1. The van der Waals surface area contributed by atoms with Gasteiger partial charge in [0.15, 0.2) is 11.3 Å². The van der Waals surface area contributed by atoms with E-state index in [9.17, 15) is 4.79 Å². The molecule has 0 aliphatic carbocycles. The Balaban J connectivity index is 1.73. The highest BCUT2D eigenvalue weighted by Crippen LogP contribution is 2.20. The van der Waals surface area contributed by atoms with Gasteiger partial charge in [-0.3, -0.25) is 4.79 Å². The van der Waals surface area contributed by atoms with Crippen molar-refractivity contribution in [1.29, 1.82) is 0 Å². The van der Waals surface area contributed by atoms with Gasteiger partial charge < -0.3 is 4.90 Å². The molecule has 0 unspecified atom stereocenters. The normalized spacial score (nSPS) is 10.8. The second-order valence-corrected chi connectivity index (χ2v) is 6.73. The quantitative estimate of drug-likeness (QED) is 0.506. The molecule has 0 aliphatic rings. The molecular weight excluding hydrogens is 392 g/mol. The van der Waals surface area contributed by atoms with Gasteiger partial charge in [0.05, 0.1) is 11.0 Å². The van der Waals surface area contributed by atoms with Gasteiger partial charge in [-0.1, -0.05) is 48.5 Å². The Hall–Kier alpha value is -2.99. The van der Waals surface area contributed by atoms with Crippen LogP contribution in [-0.2, 0) is 6.54 Å². The Bertz CT molecular complexity index is 1050. The van der Waals surface area contributed by atoms with Gasteiger partial charge in [-0.25, -0.2) is 9.50 Å². The summed E-state index contributed by atoms with van der Waals surface area (Å²) >= 11 is 3.37. The average Bonchev–Trinajstić information content (AvgIpc) is 3.10. The van der Waals surface area contributed by atoms with E-state index in [0.29, 0.717) is 17.9 Å². The van der Waals surface area contributed by atoms with Gasteiger partial charge in [0.1, 0.15) is 0 Å². The third kappa shape index (κ3) is 3.36. The maximum Gasteiger partial charge on any atom is 0.279 e. The maximum atomic E-state index is 13.2. The summed E-state index contributed by atoms with van der Waals surface area (Å²) in [6.07, 6.45) is 3.47. The molecule has 6 heteroatoms. The Morgan fingerprint density at radius 2 is 1.73 bits per heavy atom.